The van der Waals surface area contributed by atoms with Crippen LogP contribution in [-0.4, -0.2) is 47.3 Å². The summed E-state index contributed by atoms with van der Waals surface area (Å²) in [5.74, 6) is 1.28. The van der Waals surface area contributed by atoms with Crippen molar-refractivity contribution in [1.82, 2.24) is 14.5 Å². The van der Waals surface area contributed by atoms with Crippen LogP contribution in [0, 0.1) is 0 Å². The van der Waals surface area contributed by atoms with E-state index in [0.29, 0.717) is 6.04 Å². The molecule has 1 unspecified atom stereocenters. The van der Waals surface area contributed by atoms with Crippen molar-refractivity contribution in [2.24, 2.45) is 0 Å². The SMILES string of the molecule is CC1CCCc2cnc(CCN3CCOCC3)n21. The summed E-state index contributed by atoms with van der Waals surface area (Å²) in [5, 5.41) is 0. The highest BCUT2D eigenvalue weighted by Crippen LogP contribution is 2.26. The Kier molecular flexibility index (Phi) is 3.66. The van der Waals surface area contributed by atoms with Crippen molar-refractivity contribution in [2.45, 2.75) is 38.6 Å². The molecule has 4 heteroatoms. The number of aromatic nitrogens is 2. The largest absolute Gasteiger partial charge is 0.379 e. The number of morpholine rings is 1. The molecule has 0 aliphatic carbocycles. The molecule has 18 heavy (non-hydrogen) atoms. The topological polar surface area (TPSA) is 30.3 Å². The second kappa shape index (κ2) is 5.41. The van der Waals surface area contributed by atoms with Gasteiger partial charge in [-0.1, -0.05) is 0 Å². The molecule has 0 aromatic carbocycles. The summed E-state index contributed by atoms with van der Waals surface area (Å²) >= 11 is 0. The van der Waals surface area contributed by atoms with E-state index in [1.54, 1.807) is 0 Å². The summed E-state index contributed by atoms with van der Waals surface area (Å²) in [6.07, 6.45) is 6.98. The van der Waals surface area contributed by atoms with Crippen LogP contribution in [0.5, 0.6) is 0 Å². The number of hydrogen-bond acceptors (Lipinski definition) is 3. The lowest BCUT2D eigenvalue weighted by atomic mass is 10.0. The second-order valence-electron chi connectivity index (χ2n) is 5.48. The number of hydrogen-bond donors (Lipinski definition) is 0. The minimum Gasteiger partial charge on any atom is -0.379 e. The molecule has 2 aliphatic rings. The molecule has 0 amide bonds. The zero-order chi connectivity index (χ0) is 12.4. The highest BCUT2D eigenvalue weighted by Gasteiger charge is 2.20. The first-order valence-corrected chi connectivity index (χ1v) is 7.19. The first-order valence-electron chi connectivity index (χ1n) is 7.19. The molecular weight excluding hydrogens is 226 g/mol. The van der Waals surface area contributed by atoms with Gasteiger partial charge in [0.25, 0.3) is 0 Å². The van der Waals surface area contributed by atoms with E-state index in [9.17, 15) is 0 Å². The number of nitrogens with zero attached hydrogens (tertiary/aromatic N) is 3. The Hall–Kier alpha value is -0.870. The number of ether oxygens (including phenoxy) is 1. The second-order valence-corrected chi connectivity index (χ2v) is 5.48. The minimum atomic E-state index is 0.635. The number of aryl methyl sites for hydroxylation is 1. The molecule has 1 aromatic heterocycles. The lowest BCUT2D eigenvalue weighted by molar-refractivity contribution is 0.0381. The van der Waals surface area contributed by atoms with Gasteiger partial charge in [0.2, 0.25) is 0 Å². The van der Waals surface area contributed by atoms with Crippen molar-refractivity contribution in [1.29, 1.82) is 0 Å². The summed E-state index contributed by atoms with van der Waals surface area (Å²) in [6.45, 7) is 7.35. The predicted molar refractivity (Wildman–Crippen MR) is 70.8 cm³/mol. The van der Waals surface area contributed by atoms with Gasteiger partial charge < -0.3 is 9.30 Å². The fourth-order valence-corrected chi connectivity index (χ4v) is 3.14. The molecular formula is C14H23N3O. The molecule has 0 N–H and O–H groups in total. The molecule has 0 saturated carbocycles. The zero-order valence-electron chi connectivity index (χ0n) is 11.3. The van der Waals surface area contributed by atoms with Crippen LogP contribution in [0.25, 0.3) is 0 Å². The Morgan fingerprint density at radius 3 is 3.06 bits per heavy atom. The minimum absolute atomic E-state index is 0.635. The van der Waals surface area contributed by atoms with E-state index in [-0.39, 0.29) is 0 Å². The zero-order valence-corrected chi connectivity index (χ0v) is 11.3. The molecule has 2 aliphatic heterocycles. The molecule has 1 fully saturated rings. The molecule has 1 atom stereocenters. The number of rotatable bonds is 3. The van der Waals surface area contributed by atoms with E-state index in [0.717, 1.165) is 39.3 Å². The van der Waals surface area contributed by atoms with Crippen LogP contribution in [-0.2, 0) is 17.6 Å². The van der Waals surface area contributed by atoms with E-state index in [2.05, 4.69) is 27.6 Å². The lowest BCUT2D eigenvalue weighted by Gasteiger charge is -2.28. The van der Waals surface area contributed by atoms with Crippen LogP contribution in [0.1, 0.15) is 37.3 Å². The average molecular weight is 249 g/mol. The number of imidazole rings is 1. The summed E-state index contributed by atoms with van der Waals surface area (Å²) in [5.41, 5.74) is 1.44. The quantitative estimate of drug-likeness (QED) is 0.816. The van der Waals surface area contributed by atoms with Gasteiger partial charge in [0.15, 0.2) is 0 Å². The lowest BCUT2D eigenvalue weighted by Crippen LogP contribution is -2.37. The van der Waals surface area contributed by atoms with Crippen LogP contribution < -0.4 is 0 Å². The Labute approximate surface area is 109 Å². The van der Waals surface area contributed by atoms with Crippen LogP contribution in [0.2, 0.25) is 0 Å². The molecule has 0 bridgehead atoms. The highest BCUT2D eigenvalue weighted by molar-refractivity contribution is 5.10. The van der Waals surface area contributed by atoms with Gasteiger partial charge in [0.1, 0.15) is 5.82 Å². The van der Waals surface area contributed by atoms with Gasteiger partial charge in [-0.05, 0) is 26.2 Å². The molecule has 4 nitrogen and oxygen atoms in total. The van der Waals surface area contributed by atoms with Gasteiger partial charge in [-0.3, -0.25) is 4.90 Å². The van der Waals surface area contributed by atoms with Gasteiger partial charge in [0, 0.05) is 44.0 Å². The van der Waals surface area contributed by atoms with E-state index < -0.39 is 0 Å². The van der Waals surface area contributed by atoms with Crippen molar-refractivity contribution >= 4 is 0 Å². The first kappa shape index (κ1) is 12.2. The van der Waals surface area contributed by atoms with Crippen molar-refractivity contribution in [2.75, 3.05) is 32.8 Å². The van der Waals surface area contributed by atoms with Crippen LogP contribution in [0.3, 0.4) is 0 Å². The van der Waals surface area contributed by atoms with E-state index in [4.69, 9.17) is 4.74 Å². The normalized spacial score (nSPS) is 25.1. The standard InChI is InChI=1S/C14H23N3O/c1-12-3-2-4-13-11-15-14(17(12)13)5-6-16-7-9-18-10-8-16/h11-12H,2-10H2,1H3. The third-order valence-electron chi connectivity index (χ3n) is 4.20. The molecule has 0 radical (unpaired) electrons. The van der Waals surface area contributed by atoms with Crippen LogP contribution in [0.15, 0.2) is 6.20 Å². The average Bonchev–Trinajstić information content (AvgIpc) is 2.82. The monoisotopic (exact) mass is 249 g/mol. The molecule has 3 rings (SSSR count). The molecule has 1 saturated heterocycles. The van der Waals surface area contributed by atoms with Gasteiger partial charge in [-0.15, -0.1) is 0 Å². The molecule has 0 spiro atoms. The summed E-state index contributed by atoms with van der Waals surface area (Å²) in [4.78, 5) is 7.12. The maximum Gasteiger partial charge on any atom is 0.110 e. The first-order chi connectivity index (χ1) is 8.84. The molecule has 100 valence electrons. The van der Waals surface area contributed by atoms with Crippen molar-refractivity contribution in [3.63, 3.8) is 0 Å². The maximum atomic E-state index is 5.38. The van der Waals surface area contributed by atoms with E-state index >= 15 is 0 Å². The van der Waals surface area contributed by atoms with Crippen LogP contribution >= 0.6 is 0 Å². The third kappa shape index (κ3) is 2.45. The van der Waals surface area contributed by atoms with Gasteiger partial charge in [-0.25, -0.2) is 4.98 Å². The predicted octanol–water partition coefficient (Wildman–Crippen LogP) is 1.66. The van der Waals surface area contributed by atoms with Gasteiger partial charge in [-0.2, -0.15) is 0 Å². The Balaban J connectivity index is 1.64. The fraction of sp³-hybridized carbons (Fsp3) is 0.786. The van der Waals surface area contributed by atoms with Crippen molar-refractivity contribution in [3.05, 3.63) is 17.7 Å². The fourth-order valence-electron chi connectivity index (χ4n) is 3.14. The molecule has 1 aromatic rings. The van der Waals surface area contributed by atoms with Crippen molar-refractivity contribution < 1.29 is 4.74 Å². The van der Waals surface area contributed by atoms with Crippen molar-refractivity contribution in [3.8, 4) is 0 Å². The maximum absolute atomic E-state index is 5.38. The summed E-state index contributed by atoms with van der Waals surface area (Å²) in [7, 11) is 0. The summed E-state index contributed by atoms with van der Waals surface area (Å²) < 4.78 is 7.86. The summed E-state index contributed by atoms with van der Waals surface area (Å²) in [6, 6.07) is 0.635. The van der Waals surface area contributed by atoms with Gasteiger partial charge in [0.05, 0.1) is 13.2 Å². The van der Waals surface area contributed by atoms with Gasteiger partial charge >= 0.3 is 0 Å². The highest BCUT2D eigenvalue weighted by atomic mass is 16.5. The Bertz CT molecular complexity index is 396. The number of fused-ring (bicyclic) bond motifs is 1. The van der Waals surface area contributed by atoms with E-state index in [1.165, 1.54) is 30.8 Å². The third-order valence-corrected chi connectivity index (χ3v) is 4.20. The Morgan fingerprint density at radius 2 is 2.22 bits per heavy atom. The molecule has 3 heterocycles. The van der Waals surface area contributed by atoms with E-state index in [1.807, 2.05) is 0 Å². The smallest absolute Gasteiger partial charge is 0.110 e. The van der Waals surface area contributed by atoms with Crippen LogP contribution in [0.4, 0.5) is 0 Å². The Morgan fingerprint density at radius 1 is 1.39 bits per heavy atom.